The summed E-state index contributed by atoms with van der Waals surface area (Å²) < 4.78 is 34.9. The van der Waals surface area contributed by atoms with Crippen molar-refractivity contribution >= 4 is 11.3 Å². The van der Waals surface area contributed by atoms with Gasteiger partial charge >= 0.3 is 0 Å². The van der Waals surface area contributed by atoms with E-state index in [1.807, 2.05) is 45.3 Å². The van der Waals surface area contributed by atoms with Gasteiger partial charge < -0.3 is 9.64 Å². The summed E-state index contributed by atoms with van der Waals surface area (Å²) in [5, 5.41) is 8.36. The normalized spacial score (nSPS) is 12.3. The molecule has 0 aliphatic rings. The minimum atomic E-state index is -0.690. The fourth-order valence-corrected chi connectivity index (χ4v) is 4.02. The molecule has 2 aromatic carbocycles. The summed E-state index contributed by atoms with van der Waals surface area (Å²) in [5.74, 6) is -0.188. The molecule has 3 heterocycles. The molecule has 0 amide bonds. The van der Waals surface area contributed by atoms with E-state index in [0.29, 0.717) is 35.2 Å². The Morgan fingerprint density at radius 3 is 2.45 bits per heavy atom. The van der Waals surface area contributed by atoms with E-state index < -0.39 is 11.6 Å². The van der Waals surface area contributed by atoms with Crippen LogP contribution in [0.4, 0.5) is 8.78 Å². The van der Waals surface area contributed by atoms with Gasteiger partial charge in [-0.3, -0.25) is 0 Å². The maximum atomic E-state index is 13.8. The molecule has 0 aliphatic carbocycles. The number of aromatic nitrogens is 7. The Balaban J connectivity index is 1.37. The first-order chi connectivity index (χ1) is 18.4. The molecule has 0 radical (unpaired) electrons. The van der Waals surface area contributed by atoms with Crippen LogP contribution >= 0.6 is 0 Å². The van der Waals surface area contributed by atoms with E-state index in [-0.39, 0.29) is 11.6 Å². The van der Waals surface area contributed by atoms with Gasteiger partial charge in [-0.15, -0.1) is 5.10 Å². The predicted molar refractivity (Wildman–Crippen MR) is 138 cm³/mol. The molecule has 11 heteroatoms. The molecule has 0 aliphatic heterocycles. The van der Waals surface area contributed by atoms with Crippen LogP contribution in [0.15, 0.2) is 61.1 Å². The van der Waals surface area contributed by atoms with Crippen molar-refractivity contribution in [2.24, 2.45) is 0 Å². The van der Waals surface area contributed by atoms with Gasteiger partial charge in [0.1, 0.15) is 11.6 Å². The molecule has 0 bridgehead atoms. The van der Waals surface area contributed by atoms with Crippen LogP contribution in [0.2, 0.25) is 0 Å². The number of benzene rings is 2. The van der Waals surface area contributed by atoms with Crippen LogP contribution < -0.4 is 4.74 Å². The van der Waals surface area contributed by atoms with Gasteiger partial charge in [0.25, 0.3) is 0 Å². The summed E-state index contributed by atoms with van der Waals surface area (Å²) in [6.07, 6.45) is 5.68. The van der Waals surface area contributed by atoms with Crippen molar-refractivity contribution in [3.63, 3.8) is 0 Å². The number of nitrogens with zero attached hydrogens (tertiary/aromatic N) is 8. The lowest BCUT2D eigenvalue weighted by atomic mass is 10.0. The largest absolute Gasteiger partial charge is 0.490 e. The smallest absolute Gasteiger partial charge is 0.221 e. The summed E-state index contributed by atoms with van der Waals surface area (Å²) in [4.78, 5) is 19.9. The van der Waals surface area contributed by atoms with Crippen LogP contribution in [0.5, 0.6) is 5.75 Å². The predicted octanol–water partition coefficient (Wildman–Crippen LogP) is 4.56. The van der Waals surface area contributed by atoms with Crippen LogP contribution in [-0.2, 0) is 0 Å². The Bertz CT molecular complexity index is 1530. The van der Waals surface area contributed by atoms with Crippen LogP contribution in [0.1, 0.15) is 24.9 Å². The zero-order valence-corrected chi connectivity index (χ0v) is 21.2. The number of ether oxygens (including phenoxy) is 1. The molecule has 5 aromatic rings. The van der Waals surface area contributed by atoms with Crippen LogP contribution in [0.3, 0.4) is 0 Å². The highest BCUT2D eigenvalue weighted by atomic mass is 19.1. The molecule has 3 aromatic heterocycles. The maximum Gasteiger partial charge on any atom is 0.221 e. The SMILES string of the molecule is CC(c1cccc(-c2ncc(OCCCN(C)C)cn2)c1)n1nnc2ncc(-c3cc(F)cc(F)c3)nc21. The Kier molecular flexibility index (Phi) is 7.27. The van der Waals surface area contributed by atoms with E-state index in [1.54, 1.807) is 17.1 Å². The molecule has 1 unspecified atom stereocenters. The second-order valence-corrected chi connectivity index (χ2v) is 9.14. The van der Waals surface area contributed by atoms with Gasteiger partial charge in [0.15, 0.2) is 17.2 Å². The first-order valence-corrected chi connectivity index (χ1v) is 12.1. The number of hydrogen-bond acceptors (Lipinski definition) is 8. The van der Waals surface area contributed by atoms with Gasteiger partial charge in [-0.25, -0.2) is 33.4 Å². The van der Waals surface area contributed by atoms with Crippen molar-refractivity contribution in [3.05, 3.63) is 78.3 Å². The molecular formula is C27H26F2N8O. The van der Waals surface area contributed by atoms with Gasteiger partial charge in [-0.2, -0.15) is 0 Å². The average Bonchev–Trinajstić information content (AvgIpc) is 3.34. The average molecular weight is 517 g/mol. The molecule has 194 valence electrons. The van der Waals surface area contributed by atoms with Crippen molar-refractivity contribution < 1.29 is 13.5 Å². The Hall–Kier alpha value is -4.38. The summed E-state index contributed by atoms with van der Waals surface area (Å²) >= 11 is 0. The zero-order chi connectivity index (χ0) is 26.6. The van der Waals surface area contributed by atoms with Crippen molar-refractivity contribution in [1.29, 1.82) is 0 Å². The Morgan fingerprint density at radius 2 is 1.71 bits per heavy atom. The number of rotatable bonds is 9. The van der Waals surface area contributed by atoms with E-state index in [2.05, 4.69) is 35.1 Å². The van der Waals surface area contributed by atoms with E-state index in [9.17, 15) is 8.78 Å². The molecule has 38 heavy (non-hydrogen) atoms. The van der Waals surface area contributed by atoms with Crippen molar-refractivity contribution in [3.8, 4) is 28.4 Å². The fraction of sp³-hybridized carbons (Fsp3) is 0.259. The highest BCUT2D eigenvalue weighted by Crippen LogP contribution is 2.26. The summed E-state index contributed by atoms with van der Waals surface area (Å²) in [7, 11) is 4.05. The Labute approximate surface area is 218 Å². The summed E-state index contributed by atoms with van der Waals surface area (Å²) in [6, 6.07) is 10.7. The van der Waals surface area contributed by atoms with Gasteiger partial charge in [-0.1, -0.05) is 23.4 Å². The molecule has 0 saturated carbocycles. The molecule has 1 atom stereocenters. The molecule has 5 rings (SSSR count). The first-order valence-electron chi connectivity index (χ1n) is 12.1. The van der Waals surface area contributed by atoms with E-state index in [0.717, 1.165) is 30.2 Å². The van der Waals surface area contributed by atoms with Gasteiger partial charge in [0, 0.05) is 23.7 Å². The van der Waals surface area contributed by atoms with E-state index in [1.165, 1.54) is 18.3 Å². The standard InChI is InChI=1S/C27H26F2N8O/c1-17(37-27-26(34-35-37)32-16-24(33-27)20-11-21(28)13-22(29)12-20)18-6-4-7-19(10-18)25-30-14-23(15-31-25)38-9-5-8-36(2)3/h4,6-7,10-17H,5,8-9H2,1-3H3. The van der Waals surface area contributed by atoms with Crippen molar-refractivity contribution in [2.75, 3.05) is 27.2 Å². The number of fused-ring (bicyclic) bond motifs is 1. The third-order valence-corrected chi connectivity index (χ3v) is 5.99. The van der Waals surface area contributed by atoms with Gasteiger partial charge in [-0.05, 0) is 51.2 Å². The lowest BCUT2D eigenvalue weighted by Crippen LogP contribution is -2.15. The molecule has 0 fully saturated rings. The van der Waals surface area contributed by atoms with Crippen molar-refractivity contribution in [1.82, 2.24) is 39.8 Å². The minimum absolute atomic E-state index is 0.270. The third kappa shape index (κ3) is 5.62. The summed E-state index contributed by atoms with van der Waals surface area (Å²) in [6.45, 7) is 3.49. The molecule has 0 saturated heterocycles. The number of hydrogen-bond donors (Lipinski definition) is 0. The second-order valence-electron chi connectivity index (χ2n) is 9.14. The lowest BCUT2D eigenvalue weighted by Gasteiger charge is -2.14. The zero-order valence-electron chi connectivity index (χ0n) is 21.2. The fourth-order valence-electron chi connectivity index (χ4n) is 4.02. The monoisotopic (exact) mass is 516 g/mol. The maximum absolute atomic E-state index is 13.8. The van der Waals surface area contributed by atoms with E-state index in [4.69, 9.17) is 4.74 Å². The molecule has 0 N–H and O–H groups in total. The first kappa shape index (κ1) is 25.3. The summed E-state index contributed by atoms with van der Waals surface area (Å²) in [5.41, 5.74) is 3.08. The highest BCUT2D eigenvalue weighted by Gasteiger charge is 2.18. The Morgan fingerprint density at radius 1 is 0.947 bits per heavy atom. The number of halogens is 2. The topological polar surface area (TPSA) is 94.7 Å². The molecule has 9 nitrogen and oxygen atoms in total. The van der Waals surface area contributed by atoms with E-state index >= 15 is 0 Å². The minimum Gasteiger partial charge on any atom is -0.490 e. The van der Waals surface area contributed by atoms with Crippen LogP contribution in [-0.4, -0.2) is 67.1 Å². The molecular weight excluding hydrogens is 490 g/mol. The van der Waals surface area contributed by atoms with Crippen LogP contribution in [0, 0.1) is 11.6 Å². The molecule has 0 spiro atoms. The lowest BCUT2D eigenvalue weighted by molar-refractivity contribution is 0.280. The van der Waals surface area contributed by atoms with Crippen LogP contribution in [0.25, 0.3) is 33.9 Å². The second kappa shape index (κ2) is 10.9. The highest BCUT2D eigenvalue weighted by molar-refractivity contribution is 5.70. The van der Waals surface area contributed by atoms with Crippen molar-refractivity contribution in [2.45, 2.75) is 19.4 Å². The van der Waals surface area contributed by atoms with Gasteiger partial charge in [0.05, 0.1) is 36.9 Å². The quantitative estimate of drug-likeness (QED) is 0.263. The van der Waals surface area contributed by atoms with Gasteiger partial charge in [0.2, 0.25) is 5.65 Å². The third-order valence-electron chi connectivity index (χ3n) is 5.99.